The summed E-state index contributed by atoms with van der Waals surface area (Å²) >= 11 is 7.36. The van der Waals surface area contributed by atoms with E-state index in [4.69, 9.17) is 16.3 Å². The van der Waals surface area contributed by atoms with E-state index in [1.807, 2.05) is 24.5 Å². The molecule has 4 nitrogen and oxygen atoms in total. The Morgan fingerprint density at radius 3 is 2.61 bits per heavy atom. The van der Waals surface area contributed by atoms with Crippen molar-refractivity contribution in [1.82, 2.24) is 0 Å². The third-order valence-electron chi connectivity index (χ3n) is 2.98. The van der Waals surface area contributed by atoms with Crippen LogP contribution in [0.3, 0.4) is 0 Å². The summed E-state index contributed by atoms with van der Waals surface area (Å²) in [6, 6.07) is 14.4. The van der Waals surface area contributed by atoms with Crippen LogP contribution in [0.5, 0.6) is 0 Å². The lowest BCUT2D eigenvalue weighted by Gasteiger charge is -2.07. The number of carbonyl (C=O) groups is 2. The van der Waals surface area contributed by atoms with Gasteiger partial charge >= 0.3 is 5.97 Å². The molecule has 0 atom stereocenters. The molecule has 1 N–H and O–H groups in total. The first-order valence-corrected chi connectivity index (χ1v) is 8.51. The van der Waals surface area contributed by atoms with Crippen LogP contribution in [-0.4, -0.2) is 24.7 Å². The lowest BCUT2D eigenvalue weighted by molar-refractivity contribution is -0.146. The highest BCUT2D eigenvalue weighted by Gasteiger charge is 2.09. The average molecular weight is 350 g/mol. The molecule has 0 spiro atoms. The molecule has 0 unspecified atom stereocenters. The van der Waals surface area contributed by atoms with Crippen LogP contribution in [0.2, 0.25) is 5.02 Å². The lowest BCUT2D eigenvalue weighted by Crippen LogP contribution is -2.21. The van der Waals surface area contributed by atoms with Crippen LogP contribution >= 0.6 is 23.4 Å². The maximum atomic E-state index is 11.8. The van der Waals surface area contributed by atoms with Crippen molar-refractivity contribution in [1.29, 1.82) is 0 Å². The maximum Gasteiger partial charge on any atom is 0.310 e. The molecule has 0 saturated carbocycles. The molecule has 0 aliphatic rings. The number of benzene rings is 2. The van der Waals surface area contributed by atoms with Crippen LogP contribution in [0.1, 0.15) is 5.56 Å². The second kappa shape index (κ2) is 8.60. The average Bonchev–Trinajstić information content (AvgIpc) is 2.55. The van der Waals surface area contributed by atoms with Crippen molar-refractivity contribution in [3.05, 3.63) is 59.1 Å². The fourth-order valence-corrected chi connectivity index (χ4v) is 2.45. The molecule has 0 aliphatic carbocycles. The molecular weight excluding hydrogens is 334 g/mol. The number of nitrogens with one attached hydrogen (secondary N) is 1. The Hall–Kier alpha value is -1.98. The van der Waals surface area contributed by atoms with Crippen LogP contribution in [-0.2, 0) is 20.7 Å². The third-order valence-corrected chi connectivity index (χ3v) is 3.96. The maximum absolute atomic E-state index is 11.8. The van der Waals surface area contributed by atoms with Crippen LogP contribution < -0.4 is 5.32 Å². The number of ether oxygens (including phenoxy) is 1. The van der Waals surface area contributed by atoms with Gasteiger partial charge in [-0.3, -0.25) is 9.59 Å². The standard InChI is InChI=1S/C17H16ClNO3S/c1-23-15-4-2-3-14(10-15)19-16(20)11-22-17(21)9-12-5-7-13(18)8-6-12/h2-8,10H,9,11H2,1H3,(H,19,20). The minimum atomic E-state index is -0.458. The Bertz CT molecular complexity index is 688. The van der Waals surface area contributed by atoms with Gasteiger partial charge in [0, 0.05) is 15.6 Å². The normalized spacial score (nSPS) is 10.2. The van der Waals surface area contributed by atoms with E-state index in [0.717, 1.165) is 10.5 Å². The molecule has 1 amide bonds. The fraction of sp³-hybridized carbons (Fsp3) is 0.176. The first kappa shape index (κ1) is 17.4. The van der Waals surface area contributed by atoms with Crippen LogP contribution in [0.25, 0.3) is 0 Å². The molecule has 2 aromatic rings. The van der Waals surface area contributed by atoms with E-state index in [-0.39, 0.29) is 18.9 Å². The van der Waals surface area contributed by atoms with Crippen molar-refractivity contribution in [2.75, 3.05) is 18.2 Å². The van der Waals surface area contributed by atoms with E-state index < -0.39 is 5.97 Å². The molecule has 0 fully saturated rings. The summed E-state index contributed by atoms with van der Waals surface area (Å²) in [6.45, 7) is -0.310. The van der Waals surface area contributed by atoms with Gasteiger partial charge < -0.3 is 10.1 Å². The molecule has 0 aliphatic heterocycles. The fourth-order valence-electron chi connectivity index (χ4n) is 1.86. The minimum absolute atomic E-state index is 0.104. The van der Waals surface area contributed by atoms with Crippen molar-refractivity contribution in [3.63, 3.8) is 0 Å². The summed E-state index contributed by atoms with van der Waals surface area (Å²) in [7, 11) is 0. The molecule has 0 saturated heterocycles. The molecule has 2 aromatic carbocycles. The van der Waals surface area contributed by atoms with Crippen LogP contribution in [0, 0.1) is 0 Å². The number of carbonyl (C=O) groups excluding carboxylic acids is 2. The Morgan fingerprint density at radius 1 is 1.17 bits per heavy atom. The molecule has 0 heterocycles. The highest BCUT2D eigenvalue weighted by molar-refractivity contribution is 7.98. The zero-order chi connectivity index (χ0) is 16.7. The SMILES string of the molecule is CSc1cccc(NC(=O)COC(=O)Cc2ccc(Cl)cc2)c1. The Labute approximate surface area is 144 Å². The summed E-state index contributed by atoms with van der Waals surface area (Å²) in [5, 5.41) is 3.30. The number of rotatable bonds is 6. The minimum Gasteiger partial charge on any atom is -0.455 e. The summed E-state index contributed by atoms with van der Waals surface area (Å²) in [6.07, 6.45) is 2.06. The first-order valence-electron chi connectivity index (χ1n) is 6.91. The van der Waals surface area contributed by atoms with Gasteiger partial charge in [0.05, 0.1) is 6.42 Å². The monoisotopic (exact) mass is 349 g/mol. The van der Waals surface area contributed by atoms with E-state index in [2.05, 4.69) is 5.32 Å². The van der Waals surface area contributed by atoms with Crippen molar-refractivity contribution >= 4 is 40.9 Å². The van der Waals surface area contributed by atoms with Crippen LogP contribution in [0.4, 0.5) is 5.69 Å². The Kier molecular flexibility index (Phi) is 6.50. The van der Waals surface area contributed by atoms with Gasteiger partial charge in [0.1, 0.15) is 0 Å². The van der Waals surface area contributed by atoms with Gasteiger partial charge in [-0.15, -0.1) is 11.8 Å². The van der Waals surface area contributed by atoms with Crippen LogP contribution in [0.15, 0.2) is 53.4 Å². The number of halogens is 1. The molecular formula is C17H16ClNO3S. The number of hydrogen-bond donors (Lipinski definition) is 1. The molecule has 2 rings (SSSR count). The predicted molar refractivity (Wildman–Crippen MR) is 93.0 cm³/mol. The smallest absolute Gasteiger partial charge is 0.310 e. The molecule has 0 aromatic heterocycles. The number of amides is 1. The zero-order valence-electron chi connectivity index (χ0n) is 12.5. The number of anilines is 1. The van der Waals surface area contributed by atoms with Crippen molar-refractivity contribution in [2.45, 2.75) is 11.3 Å². The second-order valence-electron chi connectivity index (χ2n) is 4.74. The lowest BCUT2D eigenvalue weighted by atomic mass is 10.1. The topological polar surface area (TPSA) is 55.4 Å². The Morgan fingerprint density at radius 2 is 1.91 bits per heavy atom. The van der Waals surface area contributed by atoms with E-state index in [9.17, 15) is 9.59 Å². The molecule has 0 radical (unpaired) electrons. The number of hydrogen-bond acceptors (Lipinski definition) is 4. The highest BCUT2D eigenvalue weighted by atomic mass is 35.5. The summed E-state index contributed by atoms with van der Waals surface area (Å²) in [5.41, 5.74) is 1.46. The van der Waals surface area contributed by atoms with Crippen molar-refractivity contribution < 1.29 is 14.3 Å². The van der Waals surface area contributed by atoms with Gasteiger partial charge in [0.2, 0.25) is 0 Å². The van der Waals surface area contributed by atoms with E-state index in [0.29, 0.717) is 10.7 Å². The molecule has 0 bridgehead atoms. The van der Waals surface area contributed by atoms with Gasteiger partial charge in [0.25, 0.3) is 5.91 Å². The summed E-state index contributed by atoms with van der Waals surface area (Å²) in [5.74, 6) is -0.826. The largest absolute Gasteiger partial charge is 0.455 e. The number of thioether (sulfide) groups is 1. The highest BCUT2D eigenvalue weighted by Crippen LogP contribution is 2.18. The van der Waals surface area contributed by atoms with Crippen molar-refractivity contribution in [3.8, 4) is 0 Å². The van der Waals surface area contributed by atoms with Crippen molar-refractivity contribution in [2.24, 2.45) is 0 Å². The quantitative estimate of drug-likeness (QED) is 0.637. The summed E-state index contributed by atoms with van der Waals surface area (Å²) < 4.78 is 4.98. The van der Waals surface area contributed by atoms with E-state index >= 15 is 0 Å². The van der Waals surface area contributed by atoms with E-state index in [1.54, 1.807) is 42.1 Å². The van der Waals surface area contributed by atoms with Gasteiger partial charge in [0.15, 0.2) is 6.61 Å². The molecule has 120 valence electrons. The molecule has 6 heteroatoms. The molecule has 23 heavy (non-hydrogen) atoms. The van der Waals surface area contributed by atoms with Gasteiger partial charge in [-0.05, 0) is 42.2 Å². The van der Waals surface area contributed by atoms with Gasteiger partial charge in [-0.2, -0.15) is 0 Å². The van der Waals surface area contributed by atoms with Gasteiger partial charge in [-0.25, -0.2) is 0 Å². The zero-order valence-corrected chi connectivity index (χ0v) is 14.1. The van der Waals surface area contributed by atoms with E-state index in [1.165, 1.54) is 0 Å². The Balaban J connectivity index is 1.79. The number of esters is 1. The predicted octanol–water partition coefficient (Wildman–Crippen LogP) is 3.79. The third kappa shape index (κ3) is 5.96. The first-order chi connectivity index (χ1) is 11.1. The second-order valence-corrected chi connectivity index (χ2v) is 6.06. The van der Waals surface area contributed by atoms with Gasteiger partial charge in [-0.1, -0.05) is 29.8 Å². The summed E-state index contributed by atoms with van der Waals surface area (Å²) in [4.78, 5) is 24.6.